The van der Waals surface area contributed by atoms with Crippen molar-refractivity contribution in [1.82, 2.24) is 29.4 Å². The third kappa shape index (κ3) is 8.24. The zero-order chi connectivity index (χ0) is 44.4. The lowest BCUT2D eigenvalue weighted by Crippen LogP contribution is -2.40. The van der Waals surface area contributed by atoms with Gasteiger partial charge in [0.15, 0.2) is 11.4 Å². The number of carbonyl (C=O) groups is 2. The third-order valence-corrected chi connectivity index (χ3v) is 13.2. The van der Waals surface area contributed by atoms with E-state index in [1.165, 1.54) is 58.1 Å². The molecule has 0 radical (unpaired) electrons. The molecule has 1 unspecified atom stereocenters. The maximum absolute atomic E-state index is 14.9. The van der Waals surface area contributed by atoms with Gasteiger partial charge in [-0.15, -0.1) is 0 Å². The van der Waals surface area contributed by atoms with Crippen molar-refractivity contribution in [3.8, 4) is 0 Å². The van der Waals surface area contributed by atoms with Crippen LogP contribution in [0.5, 0.6) is 0 Å². The van der Waals surface area contributed by atoms with Crippen LogP contribution in [0.4, 0.5) is 35.1 Å². The molecule has 2 aromatic heterocycles. The van der Waals surface area contributed by atoms with Gasteiger partial charge >= 0.3 is 12.4 Å². The highest BCUT2D eigenvalue weighted by Crippen LogP contribution is 2.45. The topological polar surface area (TPSA) is 85.5 Å². The zero-order valence-corrected chi connectivity index (χ0v) is 34.3. The van der Waals surface area contributed by atoms with Crippen molar-refractivity contribution in [3.63, 3.8) is 0 Å². The summed E-state index contributed by atoms with van der Waals surface area (Å²) in [6.45, 7) is 3.42. The number of fused-ring (bicyclic) bond motifs is 2. The van der Waals surface area contributed by atoms with Crippen LogP contribution in [0.25, 0.3) is 21.8 Å². The van der Waals surface area contributed by atoms with E-state index < -0.39 is 64.7 Å². The number of amides is 2. The number of nitrogens with zero attached hydrogens (tertiary/aromatic N) is 6. The normalized spacial score (nSPS) is 19.9. The van der Waals surface area contributed by atoms with Gasteiger partial charge in [0.25, 0.3) is 11.8 Å². The first-order valence-corrected chi connectivity index (χ1v) is 21.2. The monoisotopic (exact) mass is 880 g/mol. The Labute approximate surface area is 356 Å². The summed E-state index contributed by atoms with van der Waals surface area (Å²) in [4.78, 5) is 30.8. The molecule has 1 aliphatic carbocycles. The second-order valence-electron chi connectivity index (χ2n) is 17.1. The second-order valence-corrected chi connectivity index (χ2v) is 17.1. The summed E-state index contributed by atoms with van der Waals surface area (Å²) in [6.07, 6.45) is -6.29. The molecule has 2 amide bonds. The van der Waals surface area contributed by atoms with Crippen LogP contribution >= 0.6 is 0 Å². The van der Waals surface area contributed by atoms with Crippen LogP contribution in [0.3, 0.4) is 0 Å². The molecule has 0 saturated carbocycles. The Kier molecular flexibility index (Phi) is 11.2. The van der Waals surface area contributed by atoms with E-state index in [0.29, 0.717) is 78.3 Å². The molecule has 5 aromatic rings. The highest BCUT2D eigenvalue weighted by Gasteiger charge is 2.42. The lowest BCUT2D eigenvalue weighted by molar-refractivity contribution is -0.138. The van der Waals surface area contributed by atoms with Crippen LogP contribution in [0.2, 0.25) is 0 Å². The van der Waals surface area contributed by atoms with Gasteiger partial charge in [-0.1, -0.05) is 42.3 Å². The molecule has 5 heterocycles. The number of benzene rings is 3. The second kappa shape index (κ2) is 16.5. The summed E-state index contributed by atoms with van der Waals surface area (Å²) >= 11 is 0. The van der Waals surface area contributed by atoms with Gasteiger partial charge in [-0.25, -0.2) is 8.78 Å². The average molecular weight is 881 g/mol. The Morgan fingerprint density at radius 2 is 1.35 bits per heavy atom. The maximum atomic E-state index is 14.9. The van der Waals surface area contributed by atoms with E-state index in [1.54, 1.807) is 28.6 Å². The molecule has 9 nitrogen and oxygen atoms in total. The number of likely N-dealkylation sites (tertiary alicyclic amines) is 2. The number of rotatable bonds is 8. The van der Waals surface area contributed by atoms with Gasteiger partial charge < -0.3 is 14.5 Å². The molecule has 63 heavy (non-hydrogen) atoms. The molecule has 4 aliphatic rings. The number of allylic oxidation sites excluding steroid dienone is 4. The Hall–Kier alpha value is -5.58. The quantitative estimate of drug-likeness (QED) is 0.145. The van der Waals surface area contributed by atoms with Crippen LogP contribution in [0, 0.1) is 23.5 Å². The first-order valence-electron chi connectivity index (χ1n) is 21.2. The Bertz CT molecular complexity index is 2640. The molecular weight excluding hydrogens is 837 g/mol. The zero-order valence-electron chi connectivity index (χ0n) is 34.3. The molecule has 1 atom stereocenters. The van der Waals surface area contributed by atoms with E-state index in [-0.39, 0.29) is 62.1 Å². The molecule has 17 heteroatoms. The van der Waals surface area contributed by atoms with E-state index in [0.717, 1.165) is 6.07 Å². The molecule has 3 fully saturated rings. The number of piperidine rings is 2. The molecule has 9 rings (SSSR count). The summed E-state index contributed by atoms with van der Waals surface area (Å²) in [5.74, 6) is -3.28. The summed E-state index contributed by atoms with van der Waals surface area (Å²) in [5, 5.41) is 9.85. The van der Waals surface area contributed by atoms with Gasteiger partial charge in [0, 0.05) is 43.5 Å². The summed E-state index contributed by atoms with van der Waals surface area (Å²) in [5.41, 5.74) is 0.644. The first-order chi connectivity index (χ1) is 30.0. The van der Waals surface area contributed by atoms with Crippen LogP contribution in [0.15, 0.2) is 83.5 Å². The van der Waals surface area contributed by atoms with Crippen molar-refractivity contribution >= 4 is 33.6 Å². The van der Waals surface area contributed by atoms with Crippen molar-refractivity contribution in [2.24, 2.45) is 11.8 Å². The van der Waals surface area contributed by atoms with Crippen molar-refractivity contribution < 1.29 is 49.4 Å². The number of aryl methyl sites for hydroxylation is 1. The van der Waals surface area contributed by atoms with Gasteiger partial charge in [0.2, 0.25) is 0 Å². The maximum Gasteiger partial charge on any atom is 0.416 e. The number of alkyl halides is 6. The number of hydrogen-bond acceptors (Lipinski definition) is 5. The minimum absolute atomic E-state index is 0.0368. The van der Waals surface area contributed by atoms with E-state index in [4.69, 9.17) is 4.74 Å². The molecule has 332 valence electrons. The van der Waals surface area contributed by atoms with Crippen molar-refractivity contribution in [1.29, 1.82) is 0 Å². The van der Waals surface area contributed by atoms with E-state index in [9.17, 15) is 44.7 Å². The molecule has 3 saturated heterocycles. The van der Waals surface area contributed by atoms with E-state index >= 15 is 0 Å². The van der Waals surface area contributed by atoms with E-state index in [1.807, 2.05) is 0 Å². The van der Waals surface area contributed by atoms with Gasteiger partial charge in [-0.2, -0.15) is 36.5 Å². The Morgan fingerprint density at radius 1 is 0.730 bits per heavy atom. The van der Waals surface area contributed by atoms with Crippen LogP contribution in [-0.2, 0) is 17.5 Å². The molecular formula is C46H44F8N6O3. The average Bonchev–Trinajstić information content (AvgIpc) is 3.78. The fourth-order valence-corrected chi connectivity index (χ4v) is 9.99. The minimum atomic E-state index is -4.66. The number of halogens is 8. The Balaban J connectivity index is 0.898. The first kappa shape index (κ1) is 42.7. The number of aromatic nitrogens is 4. The Morgan fingerprint density at radius 3 is 1.98 bits per heavy atom. The van der Waals surface area contributed by atoms with Crippen molar-refractivity contribution in [3.05, 3.63) is 118 Å². The number of ether oxygens (including phenoxy) is 1. The van der Waals surface area contributed by atoms with Crippen LogP contribution in [0.1, 0.15) is 89.5 Å². The molecule has 0 N–H and O–H groups in total. The highest BCUT2D eigenvalue weighted by molar-refractivity contribution is 6.05. The third-order valence-electron chi connectivity index (χ3n) is 13.2. The number of carbonyl (C=O) groups excluding carboxylic acids is 2. The smallest absolute Gasteiger partial charge is 0.377 e. The highest BCUT2D eigenvalue weighted by atomic mass is 19.4. The minimum Gasteiger partial charge on any atom is -0.377 e. The lowest BCUT2D eigenvalue weighted by Gasteiger charge is -2.38. The fraction of sp³-hybridized carbons (Fsp3) is 0.435. The molecule has 0 spiro atoms. The predicted molar refractivity (Wildman–Crippen MR) is 217 cm³/mol. The molecule has 0 bridgehead atoms. The van der Waals surface area contributed by atoms with Gasteiger partial charge in [-0.3, -0.25) is 19.0 Å². The van der Waals surface area contributed by atoms with E-state index in [2.05, 4.69) is 10.2 Å². The van der Waals surface area contributed by atoms with Crippen molar-refractivity contribution in [2.75, 3.05) is 39.4 Å². The summed E-state index contributed by atoms with van der Waals surface area (Å²) in [6, 6.07) is 13.4. The SMILES string of the molecule is CC1CC(CCn2nc(C(=O)N3CCC(c4ccccc4C(F)(F)F)CC3)c3ccc(F)cc32)=CC(C(F)(F)F)=C1C1CCN(C(=O)c2nn(C3COC3)c3ccc(F)cc23)CC1. The lowest BCUT2D eigenvalue weighted by atomic mass is 9.74. The number of hydrogen-bond donors (Lipinski definition) is 0. The standard InChI is InChI=1S/C46H44F8N6O3/c1-26-20-27(10-19-59-39-23-31(48)6-8-34(39)41(55-59)43(61)57-15-11-28(12-16-57)33-4-2-3-5-36(33)45(49,50)51)21-37(46(52,53)54)40(26)29-13-17-58(18-14-29)44(62)42-35-22-30(47)7-9-38(35)60(56-42)32-24-63-25-32/h2-9,21-23,26,28-29,32H,10-20,24-25H2,1H3. The predicted octanol–water partition coefficient (Wildman–Crippen LogP) is 10.0. The summed E-state index contributed by atoms with van der Waals surface area (Å²) < 4.78 is 123. The van der Waals surface area contributed by atoms with Gasteiger partial charge in [-0.05, 0) is 104 Å². The van der Waals surface area contributed by atoms with Gasteiger partial charge in [0.05, 0.1) is 41.4 Å². The van der Waals surface area contributed by atoms with Crippen LogP contribution < -0.4 is 0 Å². The summed E-state index contributed by atoms with van der Waals surface area (Å²) in [7, 11) is 0. The molecule has 3 aromatic carbocycles. The van der Waals surface area contributed by atoms with Gasteiger partial charge in [0.1, 0.15) is 11.6 Å². The van der Waals surface area contributed by atoms with Crippen molar-refractivity contribution in [2.45, 2.75) is 76.3 Å². The largest absolute Gasteiger partial charge is 0.416 e. The fourth-order valence-electron chi connectivity index (χ4n) is 9.99. The molecule has 3 aliphatic heterocycles. The van der Waals surface area contributed by atoms with Crippen LogP contribution in [-0.4, -0.2) is 86.7 Å².